The molecule has 1 aliphatic heterocycles. The molecule has 2 nitrogen and oxygen atoms in total. The van der Waals surface area contributed by atoms with Gasteiger partial charge in [0.1, 0.15) is 5.75 Å². The average Bonchev–Trinajstić information content (AvgIpc) is 2.91. The smallest absolute Gasteiger partial charge is 0.139 e. The van der Waals surface area contributed by atoms with E-state index in [2.05, 4.69) is 35.2 Å². The van der Waals surface area contributed by atoms with Crippen LogP contribution in [-0.2, 0) is 0 Å². The molecular weight excluding hydrogens is 266 g/mol. The summed E-state index contributed by atoms with van der Waals surface area (Å²) in [5.41, 5.74) is 2.07. The lowest BCUT2D eigenvalue weighted by Gasteiger charge is -2.21. The maximum absolute atomic E-state index is 10.3. The Morgan fingerprint density at radius 2 is 1.70 bits per heavy atom. The molecule has 1 aliphatic rings. The van der Waals surface area contributed by atoms with Crippen molar-refractivity contribution < 1.29 is 5.11 Å². The van der Waals surface area contributed by atoms with Crippen molar-refractivity contribution in [1.82, 2.24) is 0 Å². The zero-order valence-electron chi connectivity index (χ0n) is 10.8. The van der Waals surface area contributed by atoms with Gasteiger partial charge in [0.05, 0.1) is 17.3 Å². The van der Waals surface area contributed by atoms with Gasteiger partial charge in [-0.15, -0.1) is 11.8 Å². The van der Waals surface area contributed by atoms with Crippen molar-refractivity contribution in [2.75, 3.05) is 10.8 Å². The van der Waals surface area contributed by atoms with Crippen molar-refractivity contribution in [2.24, 2.45) is 0 Å². The average molecular weight is 279 g/mol. The number of phenolic OH excluding ortho intramolecular Hbond substituents is 1. The van der Waals surface area contributed by atoms with Crippen molar-refractivity contribution in [3.05, 3.63) is 60.7 Å². The van der Waals surface area contributed by atoms with Gasteiger partial charge in [-0.3, -0.25) is 0 Å². The molecule has 3 heteroatoms. The van der Waals surface area contributed by atoms with E-state index in [0.29, 0.717) is 5.75 Å². The van der Waals surface area contributed by atoms with Gasteiger partial charge in [-0.1, -0.05) is 42.5 Å². The number of rotatable bonds is 1. The second kappa shape index (κ2) is 4.46. The second-order valence-corrected chi connectivity index (χ2v) is 5.81. The molecule has 1 N–H and O–H groups in total. The monoisotopic (exact) mass is 279 g/mol. The van der Waals surface area contributed by atoms with Crippen molar-refractivity contribution >= 4 is 33.9 Å². The van der Waals surface area contributed by atoms with E-state index in [9.17, 15) is 5.11 Å². The molecule has 98 valence electrons. The van der Waals surface area contributed by atoms with E-state index < -0.39 is 0 Å². The molecule has 1 heterocycles. The van der Waals surface area contributed by atoms with Gasteiger partial charge in [-0.25, -0.2) is 0 Å². The molecule has 0 amide bonds. The molecule has 0 radical (unpaired) electrons. The molecule has 0 aromatic heterocycles. The molecule has 0 spiro atoms. The van der Waals surface area contributed by atoms with Crippen molar-refractivity contribution in [1.29, 1.82) is 0 Å². The van der Waals surface area contributed by atoms with Crippen LogP contribution >= 0.6 is 11.8 Å². The van der Waals surface area contributed by atoms with Crippen LogP contribution in [0.5, 0.6) is 5.75 Å². The third kappa shape index (κ3) is 1.67. The number of hydrogen-bond donors (Lipinski definition) is 1. The maximum Gasteiger partial charge on any atom is 0.139 e. The summed E-state index contributed by atoms with van der Waals surface area (Å²) < 4.78 is 0. The number of phenols is 1. The fourth-order valence-corrected chi connectivity index (χ4v) is 3.76. The van der Waals surface area contributed by atoms with E-state index in [0.717, 1.165) is 22.3 Å². The van der Waals surface area contributed by atoms with E-state index in [1.807, 2.05) is 24.3 Å². The van der Waals surface area contributed by atoms with Gasteiger partial charge in [0.15, 0.2) is 0 Å². The van der Waals surface area contributed by atoms with Crippen LogP contribution in [0.1, 0.15) is 0 Å². The van der Waals surface area contributed by atoms with Gasteiger partial charge in [-0.2, -0.15) is 0 Å². The standard InChI is InChI=1S/C17H13NOS/c19-15-10-9-12-5-1-2-6-13(12)17(15)18-11-20-16-8-4-3-7-14(16)18/h1-10,19H,11H2. The van der Waals surface area contributed by atoms with Crippen molar-refractivity contribution in [3.63, 3.8) is 0 Å². The van der Waals surface area contributed by atoms with Crippen LogP contribution in [0, 0.1) is 0 Å². The number of aromatic hydroxyl groups is 1. The highest BCUT2D eigenvalue weighted by atomic mass is 32.2. The Labute approximate surface area is 121 Å². The molecule has 0 aliphatic carbocycles. The number of anilines is 2. The Morgan fingerprint density at radius 3 is 2.65 bits per heavy atom. The van der Waals surface area contributed by atoms with Crippen LogP contribution in [-0.4, -0.2) is 11.0 Å². The zero-order chi connectivity index (χ0) is 13.5. The van der Waals surface area contributed by atoms with Crippen LogP contribution in [0.3, 0.4) is 0 Å². The Bertz CT molecular complexity index is 800. The van der Waals surface area contributed by atoms with E-state index in [4.69, 9.17) is 0 Å². The first-order chi connectivity index (χ1) is 9.84. The molecule has 3 aromatic carbocycles. The quantitative estimate of drug-likeness (QED) is 0.695. The first-order valence-corrected chi connectivity index (χ1v) is 7.53. The maximum atomic E-state index is 10.3. The van der Waals surface area contributed by atoms with Crippen LogP contribution in [0.2, 0.25) is 0 Å². The number of benzene rings is 3. The van der Waals surface area contributed by atoms with Gasteiger partial charge in [0.2, 0.25) is 0 Å². The Balaban J connectivity index is 1.98. The largest absolute Gasteiger partial charge is 0.506 e. The highest BCUT2D eigenvalue weighted by Gasteiger charge is 2.24. The number of fused-ring (bicyclic) bond motifs is 2. The van der Waals surface area contributed by atoms with Crippen molar-refractivity contribution in [3.8, 4) is 5.75 Å². The molecule has 0 bridgehead atoms. The summed E-state index contributed by atoms with van der Waals surface area (Å²) in [6, 6.07) is 20.3. The minimum atomic E-state index is 0.334. The topological polar surface area (TPSA) is 23.5 Å². The normalized spacial score (nSPS) is 13.7. The lowest BCUT2D eigenvalue weighted by molar-refractivity contribution is 0.477. The molecule has 0 saturated heterocycles. The molecule has 0 unspecified atom stereocenters. The number of hydrogen-bond acceptors (Lipinski definition) is 3. The van der Waals surface area contributed by atoms with E-state index in [-0.39, 0.29) is 0 Å². The Morgan fingerprint density at radius 1 is 0.900 bits per heavy atom. The van der Waals surface area contributed by atoms with Gasteiger partial charge < -0.3 is 10.0 Å². The minimum absolute atomic E-state index is 0.334. The first kappa shape index (κ1) is 11.7. The third-order valence-electron chi connectivity index (χ3n) is 3.65. The highest BCUT2D eigenvalue weighted by molar-refractivity contribution is 7.99. The summed E-state index contributed by atoms with van der Waals surface area (Å²) >= 11 is 1.80. The van der Waals surface area contributed by atoms with Crippen LogP contribution in [0.25, 0.3) is 10.8 Å². The van der Waals surface area contributed by atoms with E-state index in [1.54, 1.807) is 17.8 Å². The molecule has 0 atom stereocenters. The SMILES string of the molecule is Oc1ccc2ccccc2c1N1CSc2ccccc21. The Hall–Kier alpha value is -2.13. The first-order valence-electron chi connectivity index (χ1n) is 6.55. The summed E-state index contributed by atoms with van der Waals surface area (Å²) in [6.45, 7) is 0. The molecule has 0 fully saturated rings. The van der Waals surface area contributed by atoms with E-state index in [1.165, 1.54) is 10.6 Å². The Kier molecular flexibility index (Phi) is 2.60. The van der Waals surface area contributed by atoms with E-state index >= 15 is 0 Å². The minimum Gasteiger partial charge on any atom is -0.506 e. The van der Waals surface area contributed by atoms with Gasteiger partial charge in [-0.05, 0) is 23.6 Å². The predicted molar refractivity (Wildman–Crippen MR) is 84.9 cm³/mol. The molecule has 0 saturated carbocycles. The molecule has 20 heavy (non-hydrogen) atoms. The number of thioether (sulfide) groups is 1. The second-order valence-electron chi connectivity index (χ2n) is 4.82. The van der Waals surface area contributed by atoms with Crippen LogP contribution in [0.4, 0.5) is 11.4 Å². The summed E-state index contributed by atoms with van der Waals surface area (Å²) in [7, 11) is 0. The van der Waals surface area contributed by atoms with Gasteiger partial charge >= 0.3 is 0 Å². The number of nitrogens with zero attached hydrogens (tertiary/aromatic N) is 1. The molecule has 3 aromatic rings. The fourth-order valence-electron chi connectivity index (χ4n) is 2.72. The summed E-state index contributed by atoms with van der Waals surface area (Å²) in [6.07, 6.45) is 0. The van der Waals surface area contributed by atoms with Crippen LogP contribution < -0.4 is 4.90 Å². The zero-order valence-corrected chi connectivity index (χ0v) is 11.6. The fraction of sp³-hybridized carbons (Fsp3) is 0.0588. The van der Waals surface area contributed by atoms with Gasteiger partial charge in [0.25, 0.3) is 0 Å². The van der Waals surface area contributed by atoms with Gasteiger partial charge in [0, 0.05) is 10.3 Å². The summed E-state index contributed by atoms with van der Waals surface area (Å²) in [5.74, 6) is 1.17. The van der Waals surface area contributed by atoms with Crippen LogP contribution in [0.15, 0.2) is 65.6 Å². The molecule has 4 rings (SSSR count). The lowest BCUT2D eigenvalue weighted by Crippen LogP contribution is -2.12. The summed E-state index contributed by atoms with van der Waals surface area (Å²) in [4.78, 5) is 3.46. The van der Waals surface area contributed by atoms with Crippen molar-refractivity contribution in [2.45, 2.75) is 4.90 Å². The summed E-state index contributed by atoms with van der Waals surface area (Å²) in [5, 5.41) is 12.6. The number of para-hydroxylation sites is 1. The lowest BCUT2D eigenvalue weighted by atomic mass is 10.1. The highest BCUT2D eigenvalue weighted by Crippen LogP contribution is 2.47. The predicted octanol–water partition coefficient (Wildman–Crippen LogP) is 4.75. The molecular formula is C17H13NOS. The third-order valence-corrected chi connectivity index (χ3v) is 4.70.